The van der Waals surface area contributed by atoms with Crippen molar-refractivity contribution < 1.29 is 15.3 Å². The molecule has 3 heteroatoms. The Kier molecular flexibility index (Phi) is 6.73. The normalized spacial score (nSPS) is 51.8. The smallest absolute Gasteiger partial charge is 0.0571 e. The van der Waals surface area contributed by atoms with Gasteiger partial charge in [-0.1, -0.05) is 40.5 Å². The van der Waals surface area contributed by atoms with Crippen LogP contribution < -0.4 is 0 Å². The van der Waals surface area contributed by atoms with Gasteiger partial charge in [0.05, 0.1) is 18.3 Å². The Bertz CT molecular complexity index is 423. The summed E-state index contributed by atoms with van der Waals surface area (Å²) in [7, 11) is 0. The Labute approximate surface area is 160 Å². The average Bonchev–Trinajstić information content (AvgIpc) is 2.58. The van der Waals surface area contributed by atoms with Gasteiger partial charge in [0.2, 0.25) is 0 Å². The molecular weight excluding hydrogens is 324 g/mol. The van der Waals surface area contributed by atoms with Crippen molar-refractivity contribution in [2.75, 3.05) is 0 Å². The molecule has 0 bridgehead atoms. The Morgan fingerprint density at radius 1 is 0.538 bits per heavy atom. The van der Waals surface area contributed by atoms with Gasteiger partial charge in [0.1, 0.15) is 0 Å². The number of aliphatic hydroxyl groups excluding tert-OH is 3. The van der Waals surface area contributed by atoms with E-state index in [2.05, 4.69) is 27.7 Å². The van der Waals surface area contributed by atoms with E-state index in [0.717, 1.165) is 44.9 Å². The molecule has 3 saturated carbocycles. The van der Waals surface area contributed by atoms with E-state index < -0.39 is 0 Å². The predicted octanol–water partition coefficient (Wildman–Crippen LogP) is 4.24. The molecule has 3 rings (SSSR count). The topological polar surface area (TPSA) is 60.7 Å². The molecule has 0 radical (unpaired) electrons. The van der Waals surface area contributed by atoms with Gasteiger partial charge in [-0.3, -0.25) is 0 Å². The summed E-state index contributed by atoms with van der Waals surface area (Å²) in [5.74, 6) is 3.92. The van der Waals surface area contributed by atoms with Crippen LogP contribution in [0.15, 0.2) is 0 Å². The molecule has 0 aromatic rings. The van der Waals surface area contributed by atoms with E-state index in [1.54, 1.807) is 0 Å². The highest BCUT2D eigenvalue weighted by molar-refractivity contribution is 4.97. The second-order valence-corrected chi connectivity index (χ2v) is 10.4. The maximum atomic E-state index is 10.9. The first kappa shape index (κ1) is 20.6. The van der Waals surface area contributed by atoms with Gasteiger partial charge in [-0.15, -0.1) is 0 Å². The lowest BCUT2D eigenvalue weighted by Gasteiger charge is -2.52. The molecule has 3 aliphatic carbocycles. The van der Waals surface area contributed by atoms with Crippen LogP contribution in [0.4, 0.5) is 0 Å². The van der Waals surface area contributed by atoms with Crippen molar-refractivity contribution in [3.8, 4) is 0 Å². The Morgan fingerprint density at radius 2 is 1.00 bits per heavy atom. The average molecular weight is 367 g/mol. The van der Waals surface area contributed by atoms with Crippen molar-refractivity contribution in [2.45, 2.75) is 97.4 Å². The highest BCUT2D eigenvalue weighted by Crippen LogP contribution is 2.52. The van der Waals surface area contributed by atoms with Gasteiger partial charge in [0, 0.05) is 0 Å². The van der Waals surface area contributed by atoms with Crippen LogP contribution >= 0.6 is 0 Å². The minimum absolute atomic E-state index is 0.155. The standard InChI is InChI=1S/C23H42O3/c1-13-11-21(25)15(3)9-18(13)23(17-7-5-6-8-20(17)24)19-10-16(4)22(26)12-14(19)2/h13-26H,5-12H2,1-4H3. The van der Waals surface area contributed by atoms with E-state index in [9.17, 15) is 15.3 Å². The summed E-state index contributed by atoms with van der Waals surface area (Å²) >= 11 is 0. The number of rotatable bonds is 3. The van der Waals surface area contributed by atoms with Crippen LogP contribution in [-0.4, -0.2) is 33.6 Å². The van der Waals surface area contributed by atoms with Crippen LogP contribution in [0.3, 0.4) is 0 Å². The third-order valence-corrected chi connectivity index (χ3v) is 8.55. The molecule has 0 aromatic heterocycles. The molecule has 3 fully saturated rings. The molecule has 10 unspecified atom stereocenters. The van der Waals surface area contributed by atoms with E-state index in [0.29, 0.717) is 47.3 Å². The fourth-order valence-corrected chi connectivity index (χ4v) is 6.83. The van der Waals surface area contributed by atoms with Crippen LogP contribution in [0.1, 0.15) is 79.1 Å². The second-order valence-electron chi connectivity index (χ2n) is 10.4. The molecule has 0 saturated heterocycles. The highest BCUT2D eigenvalue weighted by atomic mass is 16.3. The molecule has 10 atom stereocenters. The maximum absolute atomic E-state index is 10.9. The molecule has 3 N–H and O–H groups in total. The first-order valence-electron chi connectivity index (χ1n) is 11.3. The quantitative estimate of drug-likeness (QED) is 0.700. The molecule has 0 amide bonds. The molecular formula is C23H42O3. The third kappa shape index (κ3) is 4.15. The zero-order valence-electron chi connectivity index (χ0n) is 17.3. The van der Waals surface area contributed by atoms with Crippen LogP contribution in [0, 0.1) is 47.3 Å². The van der Waals surface area contributed by atoms with Gasteiger partial charge < -0.3 is 15.3 Å². The Hall–Kier alpha value is -0.120. The maximum Gasteiger partial charge on any atom is 0.0571 e. The van der Waals surface area contributed by atoms with E-state index in [1.165, 1.54) is 6.42 Å². The SMILES string of the molecule is CC1CC(C(C2CC(C)C(O)CC2C)C2CCCCC2O)C(C)CC1O. The zero-order chi connectivity index (χ0) is 19.0. The fraction of sp³-hybridized carbons (Fsp3) is 1.00. The summed E-state index contributed by atoms with van der Waals surface area (Å²) < 4.78 is 0. The van der Waals surface area contributed by atoms with Crippen molar-refractivity contribution in [1.82, 2.24) is 0 Å². The van der Waals surface area contributed by atoms with Gasteiger partial charge in [-0.25, -0.2) is 0 Å². The molecule has 0 spiro atoms. The van der Waals surface area contributed by atoms with E-state index >= 15 is 0 Å². The van der Waals surface area contributed by atoms with Gasteiger partial charge in [-0.05, 0) is 85.9 Å². The van der Waals surface area contributed by atoms with Crippen molar-refractivity contribution in [1.29, 1.82) is 0 Å². The summed E-state index contributed by atoms with van der Waals surface area (Å²) in [6, 6.07) is 0. The van der Waals surface area contributed by atoms with Crippen LogP contribution in [0.25, 0.3) is 0 Å². The van der Waals surface area contributed by atoms with Gasteiger partial charge in [0.25, 0.3) is 0 Å². The van der Waals surface area contributed by atoms with Crippen molar-refractivity contribution in [3.05, 3.63) is 0 Å². The van der Waals surface area contributed by atoms with Crippen LogP contribution in [0.2, 0.25) is 0 Å². The first-order chi connectivity index (χ1) is 12.3. The highest BCUT2D eigenvalue weighted by Gasteiger charge is 2.48. The van der Waals surface area contributed by atoms with Crippen LogP contribution in [-0.2, 0) is 0 Å². The number of hydrogen-bond donors (Lipinski definition) is 3. The molecule has 26 heavy (non-hydrogen) atoms. The zero-order valence-corrected chi connectivity index (χ0v) is 17.3. The molecule has 152 valence electrons. The van der Waals surface area contributed by atoms with Crippen molar-refractivity contribution in [2.24, 2.45) is 47.3 Å². The molecule has 0 aliphatic heterocycles. The molecule has 3 nitrogen and oxygen atoms in total. The second kappa shape index (κ2) is 8.49. The van der Waals surface area contributed by atoms with Crippen LogP contribution in [0.5, 0.6) is 0 Å². The lowest BCUT2D eigenvalue weighted by molar-refractivity contribution is -0.0864. The van der Waals surface area contributed by atoms with E-state index in [-0.39, 0.29) is 18.3 Å². The third-order valence-electron chi connectivity index (χ3n) is 8.55. The molecule has 0 heterocycles. The summed E-state index contributed by atoms with van der Waals surface area (Å²) in [5.41, 5.74) is 0. The van der Waals surface area contributed by atoms with Gasteiger partial charge in [-0.2, -0.15) is 0 Å². The van der Waals surface area contributed by atoms with Gasteiger partial charge in [0.15, 0.2) is 0 Å². The Balaban J connectivity index is 1.88. The minimum Gasteiger partial charge on any atom is -0.393 e. The fourth-order valence-electron chi connectivity index (χ4n) is 6.83. The number of aliphatic hydroxyl groups is 3. The van der Waals surface area contributed by atoms with Crippen molar-refractivity contribution in [3.63, 3.8) is 0 Å². The van der Waals surface area contributed by atoms with E-state index in [1.807, 2.05) is 0 Å². The molecule has 0 aromatic carbocycles. The lowest BCUT2D eigenvalue weighted by atomic mass is 9.55. The van der Waals surface area contributed by atoms with Crippen molar-refractivity contribution >= 4 is 0 Å². The lowest BCUT2D eigenvalue weighted by Crippen LogP contribution is -2.48. The number of hydrogen-bond acceptors (Lipinski definition) is 3. The summed E-state index contributed by atoms with van der Waals surface area (Å²) in [6.07, 6.45) is 8.04. The summed E-state index contributed by atoms with van der Waals surface area (Å²) in [5, 5.41) is 31.6. The summed E-state index contributed by atoms with van der Waals surface area (Å²) in [6.45, 7) is 9.06. The first-order valence-corrected chi connectivity index (χ1v) is 11.3. The van der Waals surface area contributed by atoms with E-state index in [4.69, 9.17) is 0 Å². The monoisotopic (exact) mass is 366 g/mol. The Morgan fingerprint density at radius 3 is 1.46 bits per heavy atom. The largest absolute Gasteiger partial charge is 0.393 e. The predicted molar refractivity (Wildman–Crippen MR) is 106 cm³/mol. The molecule has 3 aliphatic rings. The summed E-state index contributed by atoms with van der Waals surface area (Å²) in [4.78, 5) is 0. The minimum atomic E-state index is -0.164. The van der Waals surface area contributed by atoms with Gasteiger partial charge >= 0.3 is 0 Å².